The van der Waals surface area contributed by atoms with Gasteiger partial charge in [-0.25, -0.2) is 9.78 Å². The van der Waals surface area contributed by atoms with Crippen molar-refractivity contribution < 1.29 is 23.9 Å². The third kappa shape index (κ3) is 5.27. The molecule has 27 heavy (non-hydrogen) atoms. The molecule has 142 valence electrons. The molecule has 0 bridgehead atoms. The van der Waals surface area contributed by atoms with Crippen molar-refractivity contribution >= 4 is 39.9 Å². The summed E-state index contributed by atoms with van der Waals surface area (Å²) in [5.74, 6) is -0.528. The summed E-state index contributed by atoms with van der Waals surface area (Å²) in [6, 6.07) is 6.91. The maximum absolute atomic E-state index is 11.7. The number of anilines is 2. The monoisotopic (exact) mass is 389 g/mol. The summed E-state index contributed by atoms with van der Waals surface area (Å²) in [5.41, 5.74) is 1.61. The fourth-order valence-electron chi connectivity index (χ4n) is 2.54. The van der Waals surface area contributed by atoms with Crippen LogP contribution in [0.1, 0.15) is 18.5 Å². The largest absolute Gasteiger partial charge is 0.482 e. The van der Waals surface area contributed by atoms with Gasteiger partial charge in [0.1, 0.15) is 5.75 Å². The Kier molecular flexibility index (Phi) is 6.02. The molecule has 1 aromatic heterocycles. The van der Waals surface area contributed by atoms with E-state index in [-0.39, 0.29) is 12.5 Å². The summed E-state index contributed by atoms with van der Waals surface area (Å²) in [6.07, 6.45) is 1.43. The molecule has 3 rings (SSSR count). The lowest BCUT2D eigenvalue weighted by molar-refractivity contribution is -0.149. The summed E-state index contributed by atoms with van der Waals surface area (Å²) in [4.78, 5) is 40.9. The van der Waals surface area contributed by atoms with E-state index in [9.17, 15) is 14.4 Å². The molecule has 0 radical (unpaired) electrons. The Morgan fingerprint density at radius 2 is 2.04 bits per heavy atom. The van der Waals surface area contributed by atoms with Crippen LogP contribution in [-0.2, 0) is 19.1 Å². The van der Waals surface area contributed by atoms with Crippen molar-refractivity contribution in [1.29, 1.82) is 0 Å². The van der Waals surface area contributed by atoms with Crippen LogP contribution in [0.25, 0.3) is 0 Å². The molecule has 1 aromatic carbocycles. The zero-order chi connectivity index (χ0) is 19.2. The van der Waals surface area contributed by atoms with Gasteiger partial charge in [-0.2, -0.15) is 0 Å². The number of aromatic nitrogens is 1. The van der Waals surface area contributed by atoms with Gasteiger partial charge in [0.2, 0.25) is 5.91 Å². The minimum absolute atomic E-state index is 0.110. The molecule has 1 fully saturated rings. The molecule has 1 aliphatic heterocycles. The second-order valence-corrected chi connectivity index (χ2v) is 6.79. The van der Waals surface area contributed by atoms with Gasteiger partial charge in [0.25, 0.3) is 5.91 Å². The van der Waals surface area contributed by atoms with Crippen LogP contribution in [0, 0.1) is 6.92 Å². The number of carbonyl (C=O) groups is 3. The minimum atomic E-state index is -0.653. The Morgan fingerprint density at radius 1 is 1.26 bits per heavy atom. The van der Waals surface area contributed by atoms with Crippen molar-refractivity contribution in [3.8, 4) is 5.75 Å². The lowest BCUT2D eigenvalue weighted by Gasteiger charge is -2.16. The third-order valence-electron chi connectivity index (χ3n) is 3.81. The number of thiazole rings is 1. The average molecular weight is 389 g/mol. The van der Waals surface area contributed by atoms with Crippen LogP contribution in [0.2, 0.25) is 0 Å². The highest BCUT2D eigenvalue weighted by atomic mass is 32.1. The van der Waals surface area contributed by atoms with Crippen LogP contribution in [-0.4, -0.2) is 42.5 Å². The van der Waals surface area contributed by atoms with Gasteiger partial charge in [-0.15, -0.1) is 11.3 Å². The molecule has 0 atom stereocenters. The van der Waals surface area contributed by atoms with Crippen LogP contribution in [0.15, 0.2) is 29.6 Å². The summed E-state index contributed by atoms with van der Waals surface area (Å²) < 4.78 is 10.2. The van der Waals surface area contributed by atoms with E-state index in [1.807, 2.05) is 6.92 Å². The normalized spacial score (nSPS) is 13.5. The van der Waals surface area contributed by atoms with E-state index in [0.717, 1.165) is 17.8 Å². The van der Waals surface area contributed by atoms with Gasteiger partial charge in [0.15, 0.2) is 18.3 Å². The van der Waals surface area contributed by atoms with Crippen molar-refractivity contribution in [3.63, 3.8) is 0 Å². The number of nitrogens with zero attached hydrogens (tertiary/aromatic N) is 2. The number of hydrogen-bond acceptors (Lipinski definition) is 7. The number of esters is 1. The maximum Gasteiger partial charge on any atom is 0.344 e. The van der Waals surface area contributed by atoms with Crippen LogP contribution in [0.4, 0.5) is 10.8 Å². The fraction of sp³-hybridized carbons (Fsp3) is 0.333. The number of aryl methyl sites for hydroxylation is 1. The molecule has 0 saturated carbocycles. The molecule has 0 spiro atoms. The zero-order valence-electron chi connectivity index (χ0n) is 14.8. The Hall–Kier alpha value is -2.94. The first-order valence-electron chi connectivity index (χ1n) is 8.42. The molecule has 0 unspecified atom stereocenters. The lowest BCUT2D eigenvalue weighted by atomic mass is 10.3. The van der Waals surface area contributed by atoms with Gasteiger partial charge in [-0.3, -0.25) is 14.9 Å². The smallest absolute Gasteiger partial charge is 0.344 e. The first-order chi connectivity index (χ1) is 13.0. The first kappa shape index (κ1) is 18.8. The van der Waals surface area contributed by atoms with E-state index < -0.39 is 18.5 Å². The average Bonchev–Trinajstić information content (AvgIpc) is 3.26. The number of benzene rings is 1. The molecular formula is C18H19N3O5S. The molecule has 0 aliphatic carbocycles. The summed E-state index contributed by atoms with van der Waals surface area (Å²) in [7, 11) is 0. The van der Waals surface area contributed by atoms with Crippen molar-refractivity contribution in [2.45, 2.75) is 19.8 Å². The molecule has 2 aromatic rings. The fourth-order valence-corrected chi connectivity index (χ4v) is 3.24. The standard InChI is InChI=1S/C18H19N3O5S/c1-12-11-27-18(19-12)20-15(22)9-26-17(24)10-25-14-6-4-13(5-7-14)21-8-2-3-16(21)23/h4-7,11H,2-3,8-10H2,1H3,(H,19,20,22). The Morgan fingerprint density at radius 3 is 2.67 bits per heavy atom. The highest BCUT2D eigenvalue weighted by Crippen LogP contribution is 2.23. The van der Waals surface area contributed by atoms with E-state index in [2.05, 4.69) is 10.3 Å². The number of ether oxygens (including phenoxy) is 2. The minimum Gasteiger partial charge on any atom is -0.482 e. The van der Waals surface area contributed by atoms with Gasteiger partial charge in [0, 0.05) is 24.0 Å². The molecule has 2 amide bonds. The van der Waals surface area contributed by atoms with Gasteiger partial charge >= 0.3 is 5.97 Å². The summed E-state index contributed by atoms with van der Waals surface area (Å²) in [5, 5.41) is 4.81. The predicted octanol–water partition coefficient (Wildman–Crippen LogP) is 2.14. The highest BCUT2D eigenvalue weighted by molar-refractivity contribution is 7.13. The number of hydrogen-bond donors (Lipinski definition) is 1. The topological polar surface area (TPSA) is 97.8 Å². The predicted molar refractivity (Wildman–Crippen MR) is 100.0 cm³/mol. The van der Waals surface area contributed by atoms with Crippen molar-refractivity contribution in [2.75, 3.05) is 30.0 Å². The third-order valence-corrected chi connectivity index (χ3v) is 4.68. The molecule has 1 saturated heterocycles. The second kappa shape index (κ2) is 8.63. The van der Waals surface area contributed by atoms with E-state index >= 15 is 0 Å². The summed E-state index contributed by atoms with van der Waals surface area (Å²) >= 11 is 1.30. The van der Waals surface area contributed by atoms with E-state index in [0.29, 0.717) is 23.8 Å². The number of amides is 2. The molecule has 1 aliphatic rings. The summed E-state index contributed by atoms with van der Waals surface area (Å²) in [6.45, 7) is 1.81. The maximum atomic E-state index is 11.7. The number of nitrogens with one attached hydrogen (secondary N) is 1. The Labute approximate surface area is 160 Å². The lowest BCUT2D eigenvalue weighted by Crippen LogP contribution is -2.24. The number of carbonyl (C=O) groups excluding carboxylic acids is 3. The van der Waals surface area contributed by atoms with Gasteiger partial charge in [-0.1, -0.05) is 0 Å². The van der Waals surface area contributed by atoms with E-state index in [4.69, 9.17) is 9.47 Å². The molecule has 2 heterocycles. The van der Waals surface area contributed by atoms with E-state index in [1.54, 1.807) is 34.5 Å². The van der Waals surface area contributed by atoms with Gasteiger partial charge < -0.3 is 14.4 Å². The van der Waals surface area contributed by atoms with Crippen molar-refractivity contribution in [2.24, 2.45) is 0 Å². The van der Waals surface area contributed by atoms with Crippen LogP contribution < -0.4 is 15.0 Å². The first-order valence-corrected chi connectivity index (χ1v) is 9.30. The second-order valence-electron chi connectivity index (χ2n) is 5.93. The molecule has 9 heteroatoms. The number of rotatable bonds is 7. The molecular weight excluding hydrogens is 370 g/mol. The van der Waals surface area contributed by atoms with Gasteiger partial charge in [-0.05, 0) is 37.6 Å². The highest BCUT2D eigenvalue weighted by Gasteiger charge is 2.21. The Balaban J connectivity index is 1.39. The SMILES string of the molecule is Cc1csc(NC(=O)COC(=O)COc2ccc(N3CCCC3=O)cc2)n1. The quantitative estimate of drug-likeness (QED) is 0.729. The Bertz CT molecular complexity index is 834. The zero-order valence-corrected chi connectivity index (χ0v) is 15.6. The van der Waals surface area contributed by atoms with Crippen LogP contribution in [0.5, 0.6) is 5.75 Å². The van der Waals surface area contributed by atoms with Crippen LogP contribution in [0.3, 0.4) is 0 Å². The molecule has 8 nitrogen and oxygen atoms in total. The molecule has 1 N–H and O–H groups in total. The van der Waals surface area contributed by atoms with Gasteiger partial charge in [0.05, 0.1) is 5.69 Å². The van der Waals surface area contributed by atoms with Crippen molar-refractivity contribution in [3.05, 3.63) is 35.3 Å². The van der Waals surface area contributed by atoms with Crippen molar-refractivity contribution in [1.82, 2.24) is 4.98 Å². The van der Waals surface area contributed by atoms with E-state index in [1.165, 1.54) is 11.3 Å². The van der Waals surface area contributed by atoms with Crippen LogP contribution >= 0.6 is 11.3 Å².